The fourth-order valence-electron chi connectivity index (χ4n) is 2.44. The largest absolute Gasteiger partial charge is 0.368 e. The summed E-state index contributed by atoms with van der Waals surface area (Å²) in [6.07, 6.45) is 1.36. The van der Waals surface area contributed by atoms with E-state index in [1.54, 1.807) is 36.0 Å². The molecule has 126 valence electrons. The van der Waals surface area contributed by atoms with Crippen molar-refractivity contribution < 1.29 is 14.3 Å². The number of carbonyl (C=O) groups is 2. The molecule has 2 unspecified atom stereocenters. The summed E-state index contributed by atoms with van der Waals surface area (Å²) >= 11 is 1.71. The molecule has 0 radical (unpaired) electrons. The third-order valence-corrected chi connectivity index (χ3v) is 4.61. The highest BCUT2D eigenvalue weighted by molar-refractivity contribution is 7.99. The van der Waals surface area contributed by atoms with Crippen molar-refractivity contribution in [1.82, 2.24) is 5.32 Å². The minimum Gasteiger partial charge on any atom is -0.368 e. The first-order valence-electron chi connectivity index (χ1n) is 7.37. The van der Waals surface area contributed by atoms with Gasteiger partial charge in [-0.2, -0.15) is 0 Å². The molecule has 6 nitrogen and oxygen atoms in total. The maximum absolute atomic E-state index is 12.0. The van der Waals surface area contributed by atoms with Crippen LogP contribution in [0.3, 0.4) is 0 Å². The molecule has 0 saturated carbocycles. The summed E-state index contributed by atoms with van der Waals surface area (Å²) in [7, 11) is 0. The van der Waals surface area contributed by atoms with Crippen LogP contribution in [-0.4, -0.2) is 42.2 Å². The first-order chi connectivity index (χ1) is 10.7. The molecule has 23 heavy (non-hydrogen) atoms. The average Bonchev–Trinajstić information content (AvgIpc) is 3.23. The van der Waals surface area contributed by atoms with Crippen LogP contribution in [0.25, 0.3) is 0 Å². The average molecular weight is 358 g/mol. The van der Waals surface area contributed by atoms with Gasteiger partial charge in [0.1, 0.15) is 6.10 Å². The first kappa shape index (κ1) is 18.1. The smallest absolute Gasteiger partial charge is 0.253 e. The lowest BCUT2D eigenvalue weighted by molar-refractivity contribution is -0.124. The molecule has 0 aliphatic carbocycles. The molecule has 8 heteroatoms. The van der Waals surface area contributed by atoms with Crippen LogP contribution in [0.15, 0.2) is 24.3 Å². The zero-order valence-electron chi connectivity index (χ0n) is 12.5. The maximum Gasteiger partial charge on any atom is 0.253 e. The molecule has 2 heterocycles. The van der Waals surface area contributed by atoms with Crippen LogP contribution in [-0.2, 0) is 14.3 Å². The second-order valence-electron chi connectivity index (χ2n) is 5.33. The second-order valence-corrected chi connectivity index (χ2v) is 6.36. The molecule has 2 aliphatic rings. The van der Waals surface area contributed by atoms with Crippen molar-refractivity contribution in [3.8, 4) is 0 Å². The standard InChI is InChI=1S/C15H19N3O3S.ClH/c19-14(12-8-22-9-16-12)17-10-3-5-11(6-4-10)18-15(20)13-2-1-7-21-13;/h3-6,12-13,16H,1-2,7-9H2,(H,17,19)(H,18,20);1H. The van der Waals surface area contributed by atoms with Gasteiger partial charge in [0.2, 0.25) is 5.91 Å². The fourth-order valence-corrected chi connectivity index (χ4v) is 3.38. The molecule has 3 rings (SSSR count). The zero-order chi connectivity index (χ0) is 15.4. The van der Waals surface area contributed by atoms with Crippen LogP contribution < -0.4 is 16.0 Å². The number of nitrogens with one attached hydrogen (secondary N) is 3. The quantitative estimate of drug-likeness (QED) is 0.766. The highest BCUT2D eigenvalue weighted by atomic mass is 35.5. The molecule has 2 amide bonds. The van der Waals surface area contributed by atoms with Gasteiger partial charge >= 0.3 is 0 Å². The van der Waals surface area contributed by atoms with Crippen molar-refractivity contribution >= 4 is 47.4 Å². The highest BCUT2D eigenvalue weighted by Crippen LogP contribution is 2.18. The van der Waals surface area contributed by atoms with E-state index < -0.39 is 0 Å². The molecular weight excluding hydrogens is 338 g/mol. The molecule has 2 aliphatic heterocycles. The fraction of sp³-hybridized carbons (Fsp3) is 0.467. The number of carbonyl (C=O) groups excluding carboxylic acids is 2. The number of benzene rings is 1. The van der Waals surface area contributed by atoms with E-state index in [2.05, 4.69) is 16.0 Å². The monoisotopic (exact) mass is 357 g/mol. The Morgan fingerprint density at radius 2 is 1.78 bits per heavy atom. The molecule has 0 spiro atoms. The minimum absolute atomic E-state index is 0. The van der Waals surface area contributed by atoms with Crippen LogP contribution in [0.4, 0.5) is 11.4 Å². The number of amides is 2. The van der Waals surface area contributed by atoms with E-state index in [0.717, 1.165) is 30.2 Å². The molecule has 0 aromatic heterocycles. The molecule has 1 aromatic rings. The number of anilines is 2. The summed E-state index contributed by atoms with van der Waals surface area (Å²) in [4.78, 5) is 23.9. The third-order valence-electron chi connectivity index (χ3n) is 3.67. The van der Waals surface area contributed by atoms with Crippen LogP contribution in [0.2, 0.25) is 0 Å². The number of rotatable bonds is 4. The van der Waals surface area contributed by atoms with Gasteiger partial charge in [-0.3, -0.25) is 14.9 Å². The van der Waals surface area contributed by atoms with Gasteiger partial charge in [0.15, 0.2) is 0 Å². The highest BCUT2D eigenvalue weighted by Gasteiger charge is 2.24. The van der Waals surface area contributed by atoms with Crippen LogP contribution >= 0.6 is 24.2 Å². The Hall–Kier alpha value is -1.28. The van der Waals surface area contributed by atoms with E-state index in [4.69, 9.17) is 4.74 Å². The number of thioether (sulfide) groups is 1. The molecule has 2 atom stereocenters. The van der Waals surface area contributed by atoms with E-state index >= 15 is 0 Å². The summed E-state index contributed by atoms with van der Waals surface area (Å²) < 4.78 is 5.34. The number of hydrogen-bond donors (Lipinski definition) is 3. The number of ether oxygens (including phenoxy) is 1. The number of halogens is 1. The lowest BCUT2D eigenvalue weighted by Crippen LogP contribution is -2.37. The van der Waals surface area contributed by atoms with E-state index in [-0.39, 0.29) is 36.4 Å². The second kappa shape index (κ2) is 8.54. The molecule has 2 saturated heterocycles. The summed E-state index contributed by atoms with van der Waals surface area (Å²) in [5, 5.41) is 8.82. The van der Waals surface area contributed by atoms with Crippen LogP contribution in [0, 0.1) is 0 Å². The van der Waals surface area contributed by atoms with E-state index in [1.165, 1.54) is 0 Å². The van der Waals surface area contributed by atoms with Crippen molar-refractivity contribution in [3.05, 3.63) is 24.3 Å². The van der Waals surface area contributed by atoms with Gasteiger partial charge in [-0.25, -0.2) is 0 Å². The number of hydrogen-bond acceptors (Lipinski definition) is 5. The summed E-state index contributed by atoms with van der Waals surface area (Å²) in [5.74, 6) is 1.47. The van der Waals surface area contributed by atoms with Crippen LogP contribution in [0.1, 0.15) is 12.8 Å². The van der Waals surface area contributed by atoms with Gasteiger partial charge in [-0.05, 0) is 37.1 Å². The Morgan fingerprint density at radius 1 is 1.13 bits per heavy atom. The van der Waals surface area contributed by atoms with E-state index in [1.807, 2.05) is 0 Å². The first-order valence-corrected chi connectivity index (χ1v) is 8.52. The van der Waals surface area contributed by atoms with Gasteiger partial charge in [-0.15, -0.1) is 24.2 Å². The molecule has 0 bridgehead atoms. The van der Waals surface area contributed by atoms with Crippen molar-refractivity contribution in [2.75, 3.05) is 28.9 Å². The van der Waals surface area contributed by atoms with Gasteiger partial charge in [0.05, 0.1) is 6.04 Å². The molecule has 3 N–H and O–H groups in total. The van der Waals surface area contributed by atoms with Gasteiger partial charge < -0.3 is 15.4 Å². The Labute approximate surface area is 145 Å². The topological polar surface area (TPSA) is 79.5 Å². The van der Waals surface area contributed by atoms with E-state index in [0.29, 0.717) is 12.3 Å². The van der Waals surface area contributed by atoms with Gasteiger partial charge in [-0.1, -0.05) is 0 Å². The zero-order valence-corrected chi connectivity index (χ0v) is 14.2. The van der Waals surface area contributed by atoms with Crippen LogP contribution in [0.5, 0.6) is 0 Å². The Bertz CT molecular complexity index is 494. The Balaban J connectivity index is 0.00000192. The summed E-state index contributed by atoms with van der Waals surface area (Å²) in [6, 6.07) is 6.98. The van der Waals surface area contributed by atoms with E-state index in [9.17, 15) is 9.59 Å². The Kier molecular flexibility index (Phi) is 6.71. The summed E-state index contributed by atoms with van der Waals surface area (Å²) in [6.45, 7) is 0.649. The summed E-state index contributed by atoms with van der Waals surface area (Å²) in [5.41, 5.74) is 1.42. The lowest BCUT2D eigenvalue weighted by Gasteiger charge is -2.12. The van der Waals surface area contributed by atoms with Crippen molar-refractivity contribution in [2.24, 2.45) is 0 Å². The van der Waals surface area contributed by atoms with Crippen molar-refractivity contribution in [2.45, 2.75) is 25.0 Å². The lowest BCUT2D eigenvalue weighted by atomic mass is 10.2. The van der Waals surface area contributed by atoms with Gasteiger partial charge in [0, 0.05) is 29.6 Å². The van der Waals surface area contributed by atoms with Crippen molar-refractivity contribution in [1.29, 1.82) is 0 Å². The SMILES string of the molecule is Cl.O=C(Nc1ccc(NC(=O)C2CCCO2)cc1)C1CSCN1. The predicted molar refractivity (Wildman–Crippen MR) is 94.2 cm³/mol. The minimum atomic E-state index is -0.342. The normalized spacial score (nSPS) is 23.1. The third kappa shape index (κ3) is 4.84. The molecule has 2 fully saturated rings. The Morgan fingerprint density at radius 3 is 2.30 bits per heavy atom. The maximum atomic E-state index is 12.0. The van der Waals surface area contributed by atoms with Gasteiger partial charge in [0.25, 0.3) is 5.91 Å². The predicted octanol–water partition coefficient (Wildman–Crippen LogP) is 1.83. The van der Waals surface area contributed by atoms with Crippen molar-refractivity contribution in [3.63, 3.8) is 0 Å². The molecule has 1 aromatic carbocycles. The molecular formula is C15H20ClN3O3S.